The number of rotatable bonds is 7. The Morgan fingerprint density at radius 2 is 1.76 bits per heavy atom. The van der Waals surface area contributed by atoms with Gasteiger partial charge in [0.1, 0.15) is 23.2 Å². The number of carbonyl (C=O) groups excluding carboxylic acids is 2. The molecule has 1 fully saturated rings. The van der Waals surface area contributed by atoms with Gasteiger partial charge in [-0.15, -0.1) is 0 Å². The van der Waals surface area contributed by atoms with Crippen molar-refractivity contribution in [3.8, 4) is 0 Å². The molecule has 2 rings (SSSR count). The number of allylic oxidation sites excluding steroid dienone is 1. The van der Waals surface area contributed by atoms with Crippen LogP contribution in [0.3, 0.4) is 0 Å². The summed E-state index contributed by atoms with van der Waals surface area (Å²) in [4.78, 5) is 27.5. The highest BCUT2D eigenvalue weighted by Crippen LogP contribution is 2.15. The normalized spacial score (nSPS) is 16.4. The lowest BCUT2D eigenvalue weighted by Gasteiger charge is -2.33. The Bertz CT molecular complexity index is 732. The van der Waals surface area contributed by atoms with E-state index >= 15 is 0 Å². The maximum absolute atomic E-state index is 13.9. The first-order chi connectivity index (χ1) is 13.7. The van der Waals surface area contributed by atoms with E-state index in [2.05, 4.69) is 35.5 Å². The second kappa shape index (κ2) is 10.5. The molecule has 5 nitrogen and oxygen atoms in total. The predicted octanol–water partition coefficient (Wildman–Crippen LogP) is 3.27. The smallest absolute Gasteiger partial charge is 0.257 e. The van der Waals surface area contributed by atoms with Gasteiger partial charge in [0, 0.05) is 25.7 Å². The highest BCUT2D eigenvalue weighted by molar-refractivity contribution is 5.98. The van der Waals surface area contributed by atoms with Gasteiger partial charge in [0.25, 0.3) is 5.91 Å². The van der Waals surface area contributed by atoms with Gasteiger partial charge in [-0.3, -0.25) is 14.5 Å². The average molecular weight is 408 g/mol. The van der Waals surface area contributed by atoms with E-state index in [9.17, 15) is 18.4 Å². The van der Waals surface area contributed by atoms with Crippen molar-refractivity contribution in [3.05, 3.63) is 47.0 Å². The third kappa shape index (κ3) is 6.63. The summed E-state index contributed by atoms with van der Waals surface area (Å²) in [5.74, 6) is -3.38. The van der Waals surface area contributed by atoms with Crippen molar-refractivity contribution >= 4 is 11.8 Å². The number of hydrogen-bond donors (Lipinski definition) is 2. The van der Waals surface area contributed by atoms with Gasteiger partial charge in [-0.2, -0.15) is 0 Å². The highest BCUT2D eigenvalue weighted by atomic mass is 19.1. The van der Waals surface area contributed by atoms with Crippen LogP contribution in [0.2, 0.25) is 0 Å². The Balaban J connectivity index is 1.95. The van der Waals surface area contributed by atoms with Crippen molar-refractivity contribution < 1.29 is 18.4 Å². The molecule has 7 heteroatoms. The lowest BCUT2D eigenvalue weighted by molar-refractivity contribution is -0.125. The van der Waals surface area contributed by atoms with Gasteiger partial charge in [-0.1, -0.05) is 31.6 Å². The first-order valence-corrected chi connectivity index (χ1v) is 10.1. The third-order valence-electron chi connectivity index (χ3n) is 5.12. The maximum atomic E-state index is 13.9. The number of nitrogens with zero attached hydrogens (tertiary/aromatic N) is 1. The molecule has 1 heterocycles. The predicted molar refractivity (Wildman–Crippen MR) is 109 cm³/mol. The second-order valence-corrected chi connectivity index (χ2v) is 8.16. The molecule has 0 bridgehead atoms. The summed E-state index contributed by atoms with van der Waals surface area (Å²) in [6, 6.07) is 2.38. The molecule has 1 saturated heterocycles. The van der Waals surface area contributed by atoms with E-state index in [1.54, 1.807) is 13.8 Å². The summed E-state index contributed by atoms with van der Waals surface area (Å²) in [7, 11) is 0. The van der Waals surface area contributed by atoms with Gasteiger partial charge >= 0.3 is 0 Å². The van der Waals surface area contributed by atoms with Crippen LogP contribution >= 0.6 is 0 Å². The van der Waals surface area contributed by atoms with Crippen molar-refractivity contribution in [1.82, 2.24) is 15.5 Å². The van der Waals surface area contributed by atoms with Crippen LogP contribution in [0.1, 0.15) is 50.9 Å². The molecule has 2 N–H and O–H groups in total. The number of carbonyl (C=O) groups is 2. The quantitative estimate of drug-likeness (QED) is 0.682. The SMILES string of the molecule is CC(C)=CCN1CCC(NC(=O)C(NC(=O)c2c(F)cccc2F)C(C)C)CC1. The van der Waals surface area contributed by atoms with Crippen molar-refractivity contribution in [2.75, 3.05) is 19.6 Å². The summed E-state index contributed by atoms with van der Waals surface area (Å²) >= 11 is 0. The number of amides is 2. The number of likely N-dealkylation sites (tertiary alicyclic amines) is 1. The number of halogens is 2. The van der Waals surface area contributed by atoms with Crippen LogP contribution in [0.5, 0.6) is 0 Å². The molecule has 1 aliphatic heterocycles. The Morgan fingerprint density at radius 3 is 2.28 bits per heavy atom. The molecule has 1 atom stereocenters. The largest absolute Gasteiger partial charge is 0.351 e. The molecule has 0 aromatic heterocycles. The van der Waals surface area contributed by atoms with Crippen LogP contribution in [0.25, 0.3) is 0 Å². The van der Waals surface area contributed by atoms with E-state index in [0.717, 1.165) is 44.6 Å². The van der Waals surface area contributed by atoms with E-state index in [1.165, 1.54) is 11.6 Å². The van der Waals surface area contributed by atoms with Crippen LogP contribution < -0.4 is 10.6 Å². The molecule has 2 amide bonds. The molecule has 0 aliphatic carbocycles. The van der Waals surface area contributed by atoms with Crippen LogP contribution in [0.15, 0.2) is 29.8 Å². The standard InChI is InChI=1S/C22H31F2N3O2/c1-14(2)8-11-27-12-9-16(10-13-27)25-22(29)20(15(3)4)26-21(28)19-17(23)6-5-7-18(19)24/h5-8,15-16,20H,9-13H2,1-4H3,(H,25,29)(H,26,28). The average Bonchev–Trinajstić information content (AvgIpc) is 2.65. The van der Waals surface area contributed by atoms with Gasteiger partial charge in [0.15, 0.2) is 0 Å². The fraction of sp³-hybridized carbons (Fsp3) is 0.545. The molecule has 1 aliphatic rings. The molecule has 1 aromatic carbocycles. The molecule has 1 aromatic rings. The first kappa shape index (κ1) is 23.0. The highest BCUT2D eigenvalue weighted by Gasteiger charge is 2.29. The maximum Gasteiger partial charge on any atom is 0.257 e. The fourth-order valence-corrected chi connectivity index (χ4v) is 3.33. The van der Waals surface area contributed by atoms with Crippen LogP contribution in [0, 0.1) is 17.6 Å². The first-order valence-electron chi connectivity index (χ1n) is 10.1. The number of benzene rings is 1. The number of hydrogen-bond acceptors (Lipinski definition) is 3. The number of nitrogens with one attached hydrogen (secondary N) is 2. The minimum atomic E-state index is -0.950. The van der Waals surface area contributed by atoms with Crippen LogP contribution in [-0.4, -0.2) is 48.4 Å². The summed E-state index contributed by atoms with van der Waals surface area (Å²) in [5.41, 5.74) is 0.612. The van der Waals surface area contributed by atoms with Gasteiger partial charge in [-0.25, -0.2) is 8.78 Å². The molecule has 0 saturated carbocycles. The van der Waals surface area contributed by atoms with Gasteiger partial charge in [0.05, 0.1) is 0 Å². The zero-order valence-electron chi connectivity index (χ0n) is 17.6. The summed E-state index contributed by atoms with van der Waals surface area (Å²) < 4.78 is 27.7. The Hall–Kier alpha value is -2.28. The zero-order chi connectivity index (χ0) is 21.6. The van der Waals surface area contributed by atoms with E-state index in [0.29, 0.717) is 0 Å². The molecule has 0 radical (unpaired) electrons. The number of piperidine rings is 1. The van der Waals surface area contributed by atoms with E-state index < -0.39 is 29.1 Å². The van der Waals surface area contributed by atoms with Crippen molar-refractivity contribution in [2.24, 2.45) is 5.92 Å². The lowest BCUT2D eigenvalue weighted by Crippen LogP contribution is -2.54. The zero-order valence-corrected chi connectivity index (χ0v) is 17.6. The van der Waals surface area contributed by atoms with Crippen LogP contribution in [-0.2, 0) is 4.79 Å². The third-order valence-corrected chi connectivity index (χ3v) is 5.12. The molecular weight excluding hydrogens is 376 g/mol. The summed E-state index contributed by atoms with van der Waals surface area (Å²) in [6.45, 7) is 10.4. The Morgan fingerprint density at radius 1 is 1.17 bits per heavy atom. The monoisotopic (exact) mass is 407 g/mol. The summed E-state index contributed by atoms with van der Waals surface area (Å²) in [6.07, 6.45) is 3.83. The van der Waals surface area contributed by atoms with E-state index in [-0.39, 0.29) is 17.9 Å². The molecule has 29 heavy (non-hydrogen) atoms. The van der Waals surface area contributed by atoms with E-state index in [1.807, 2.05) is 0 Å². The van der Waals surface area contributed by atoms with Crippen molar-refractivity contribution in [2.45, 2.75) is 52.6 Å². The molecule has 160 valence electrons. The minimum absolute atomic E-state index is 0.0220. The van der Waals surface area contributed by atoms with E-state index in [4.69, 9.17) is 0 Å². The van der Waals surface area contributed by atoms with Gasteiger partial charge in [-0.05, 0) is 44.7 Å². The van der Waals surface area contributed by atoms with Crippen LogP contribution in [0.4, 0.5) is 8.78 Å². The van der Waals surface area contributed by atoms with Gasteiger partial charge in [0.2, 0.25) is 5.91 Å². The minimum Gasteiger partial charge on any atom is -0.351 e. The lowest BCUT2D eigenvalue weighted by atomic mass is 10.00. The fourth-order valence-electron chi connectivity index (χ4n) is 3.33. The summed E-state index contributed by atoms with van der Waals surface area (Å²) in [5, 5.41) is 5.48. The van der Waals surface area contributed by atoms with Crippen molar-refractivity contribution in [3.63, 3.8) is 0 Å². The molecule has 1 unspecified atom stereocenters. The van der Waals surface area contributed by atoms with Gasteiger partial charge < -0.3 is 10.6 Å². The second-order valence-electron chi connectivity index (χ2n) is 8.16. The van der Waals surface area contributed by atoms with Crippen molar-refractivity contribution in [1.29, 1.82) is 0 Å². The Labute approximate surface area is 171 Å². The topological polar surface area (TPSA) is 61.4 Å². The Kier molecular flexibility index (Phi) is 8.32. The molecular formula is C22H31F2N3O2. The molecule has 0 spiro atoms.